The van der Waals surface area contributed by atoms with Gasteiger partial charge in [-0.1, -0.05) is 96.2 Å². The fourth-order valence-electron chi connectivity index (χ4n) is 5.39. The second-order valence-corrected chi connectivity index (χ2v) is 13.4. The summed E-state index contributed by atoms with van der Waals surface area (Å²) in [4.78, 5) is 18.7. The molecule has 0 fully saturated rings. The number of aromatic nitrogens is 3. The maximum atomic E-state index is 13.9. The lowest BCUT2D eigenvalue weighted by atomic mass is 9.95. The number of nitrogens with zero attached hydrogens (tertiary/aromatic N) is 3. The van der Waals surface area contributed by atoms with E-state index in [0.29, 0.717) is 62.3 Å². The van der Waals surface area contributed by atoms with Gasteiger partial charge in [-0.3, -0.25) is 0 Å². The third-order valence-corrected chi connectivity index (χ3v) is 9.71. The third kappa shape index (κ3) is 7.56. The molecule has 4 aromatic carbocycles. The number of esters is 1. The molecule has 1 atom stereocenters. The largest absolute Gasteiger partial charge is 0.490 e. The number of anilines is 1. The summed E-state index contributed by atoms with van der Waals surface area (Å²) in [7, 11) is 0. The molecule has 11 heteroatoms. The number of hydrogen-bond acceptors (Lipinski definition) is 8. The summed E-state index contributed by atoms with van der Waals surface area (Å²) in [5, 5.41) is 9.40. The van der Waals surface area contributed by atoms with Crippen LogP contribution in [0.3, 0.4) is 0 Å². The molecule has 0 aliphatic carbocycles. The van der Waals surface area contributed by atoms with Crippen LogP contribution >= 0.6 is 39.3 Å². The summed E-state index contributed by atoms with van der Waals surface area (Å²) in [5.41, 5.74) is 5.86. The predicted octanol–water partition coefficient (Wildman–Crippen LogP) is 9.30. The van der Waals surface area contributed by atoms with Gasteiger partial charge in [-0.25, -0.2) is 9.48 Å². The number of carbonyl (C=O) groups excluding carboxylic acids is 1. The van der Waals surface area contributed by atoms with E-state index >= 15 is 0 Å². The zero-order valence-corrected chi connectivity index (χ0v) is 29.9. The van der Waals surface area contributed by atoms with Gasteiger partial charge in [0.05, 0.1) is 16.7 Å². The Morgan fingerprint density at radius 3 is 2.44 bits per heavy atom. The number of rotatable bonds is 12. The number of hydrogen-bond donors (Lipinski definition) is 1. The molecule has 246 valence electrons. The van der Waals surface area contributed by atoms with Crippen molar-refractivity contribution in [2.24, 2.45) is 0 Å². The van der Waals surface area contributed by atoms with Gasteiger partial charge < -0.3 is 19.5 Å². The topological polar surface area (TPSA) is 87.5 Å². The van der Waals surface area contributed by atoms with Crippen LogP contribution in [-0.4, -0.2) is 27.3 Å². The van der Waals surface area contributed by atoms with Gasteiger partial charge in [0.25, 0.3) is 0 Å². The van der Waals surface area contributed by atoms with E-state index in [9.17, 15) is 4.79 Å². The lowest BCUT2D eigenvalue weighted by molar-refractivity contribution is -0.140. The van der Waals surface area contributed by atoms with Gasteiger partial charge in [-0.2, -0.15) is 4.98 Å². The maximum Gasteiger partial charge on any atom is 0.338 e. The highest BCUT2D eigenvalue weighted by Crippen LogP contribution is 2.44. The first kappa shape index (κ1) is 33.6. The molecule has 0 radical (unpaired) electrons. The molecule has 0 bridgehead atoms. The summed E-state index contributed by atoms with van der Waals surface area (Å²) in [5.74, 6) is 1.74. The summed E-state index contributed by atoms with van der Waals surface area (Å²) in [6.45, 7) is 6.74. The Morgan fingerprint density at radius 2 is 1.69 bits per heavy atom. The molecule has 0 saturated carbocycles. The molecule has 0 saturated heterocycles. The average molecular weight is 746 g/mol. The predicted molar refractivity (Wildman–Crippen MR) is 193 cm³/mol. The van der Waals surface area contributed by atoms with E-state index < -0.39 is 12.0 Å². The van der Waals surface area contributed by atoms with Gasteiger partial charge in [0.1, 0.15) is 19.3 Å². The fourth-order valence-corrected chi connectivity index (χ4v) is 7.08. The lowest BCUT2D eigenvalue weighted by Crippen LogP contribution is -2.29. The summed E-state index contributed by atoms with van der Waals surface area (Å²) >= 11 is 11.6. The van der Waals surface area contributed by atoms with E-state index in [-0.39, 0.29) is 6.61 Å². The Hall–Kier alpha value is -4.25. The standard InChI is InChI=1S/C37H34BrClN4O4S/c1-4-45-31-19-28(18-29(38)34(31)46-21-26-15-9-8-12-23(26)2)33-32(35(44)47-20-25-13-6-5-7-14-25)24(3)40-36-41-37(42-43(33)36)48-22-27-16-10-11-17-30(27)39/h5-19,33H,4,20-22H2,1-3H3,(H,40,41,42). The molecule has 8 nitrogen and oxygen atoms in total. The molecule has 6 rings (SSSR count). The highest BCUT2D eigenvalue weighted by molar-refractivity contribution is 9.10. The van der Waals surface area contributed by atoms with Crippen LogP contribution in [-0.2, 0) is 28.5 Å². The Kier molecular flexibility index (Phi) is 10.7. The Balaban J connectivity index is 1.37. The third-order valence-electron chi connectivity index (χ3n) is 7.86. The van der Waals surface area contributed by atoms with Gasteiger partial charge in [0.15, 0.2) is 11.5 Å². The van der Waals surface area contributed by atoms with Crippen LogP contribution in [0, 0.1) is 6.92 Å². The average Bonchev–Trinajstić information content (AvgIpc) is 3.49. The first-order valence-corrected chi connectivity index (χ1v) is 17.6. The monoisotopic (exact) mass is 744 g/mol. The van der Waals surface area contributed by atoms with E-state index in [0.717, 1.165) is 27.8 Å². The number of nitrogens with one attached hydrogen (secondary N) is 1. The number of halogens is 2. The highest BCUT2D eigenvalue weighted by atomic mass is 79.9. The van der Waals surface area contributed by atoms with Crippen LogP contribution in [0.1, 0.15) is 47.7 Å². The minimum atomic E-state index is -0.674. The van der Waals surface area contributed by atoms with E-state index in [4.69, 9.17) is 35.9 Å². The van der Waals surface area contributed by atoms with Crippen molar-refractivity contribution in [3.05, 3.63) is 140 Å². The molecule has 1 aliphatic heterocycles. The van der Waals surface area contributed by atoms with Crippen LogP contribution in [0.25, 0.3) is 0 Å². The van der Waals surface area contributed by atoms with Crippen molar-refractivity contribution in [1.82, 2.24) is 14.8 Å². The summed E-state index contributed by atoms with van der Waals surface area (Å²) < 4.78 is 20.7. The molecule has 0 amide bonds. The summed E-state index contributed by atoms with van der Waals surface area (Å²) in [6, 6.07) is 28.6. The molecule has 1 aliphatic rings. The minimum absolute atomic E-state index is 0.131. The van der Waals surface area contributed by atoms with Crippen LogP contribution in [0.15, 0.2) is 112 Å². The lowest BCUT2D eigenvalue weighted by Gasteiger charge is -2.29. The zero-order valence-electron chi connectivity index (χ0n) is 26.7. The molecule has 48 heavy (non-hydrogen) atoms. The van der Waals surface area contributed by atoms with Crippen molar-refractivity contribution < 1.29 is 19.0 Å². The van der Waals surface area contributed by atoms with Gasteiger partial charge in [0.2, 0.25) is 11.1 Å². The maximum absolute atomic E-state index is 13.9. The van der Waals surface area contributed by atoms with Gasteiger partial charge in [-0.15, -0.1) is 5.10 Å². The number of allylic oxidation sites excluding steroid dienone is 1. The Morgan fingerprint density at radius 1 is 0.958 bits per heavy atom. The quantitative estimate of drug-likeness (QED) is 0.1000. The second kappa shape index (κ2) is 15.3. The highest BCUT2D eigenvalue weighted by Gasteiger charge is 2.36. The molecule has 2 heterocycles. The fraction of sp³-hybridized carbons (Fsp3) is 0.216. The zero-order chi connectivity index (χ0) is 33.6. The van der Waals surface area contributed by atoms with Crippen molar-refractivity contribution >= 4 is 51.2 Å². The van der Waals surface area contributed by atoms with Gasteiger partial charge in [-0.05, 0) is 82.7 Å². The molecule has 1 N–H and O–H groups in total. The summed E-state index contributed by atoms with van der Waals surface area (Å²) in [6.07, 6.45) is 0. The SMILES string of the molecule is CCOc1cc(C2C(C(=O)OCc3ccccc3)=C(C)Nc3nc(SCc4ccccc4Cl)nn32)cc(Br)c1OCc1ccccc1C. The number of fused-ring (bicyclic) bond motifs is 1. The smallest absolute Gasteiger partial charge is 0.338 e. The molecule has 1 unspecified atom stereocenters. The van der Waals surface area contributed by atoms with Crippen LogP contribution in [0.2, 0.25) is 5.02 Å². The van der Waals surface area contributed by atoms with E-state index in [1.807, 2.05) is 98.8 Å². The van der Waals surface area contributed by atoms with Crippen LogP contribution in [0.5, 0.6) is 11.5 Å². The number of carbonyl (C=O) groups is 1. The molecule has 1 aromatic heterocycles. The van der Waals surface area contributed by atoms with Crippen molar-refractivity contribution in [3.63, 3.8) is 0 Å². The first-order chi connectivity index (χ1) is 23.3. The Labute approximate surface area is 297 Å². The normalized spacial score (nSPS) is 13.9. The van der Waals surface area contributed by atoms with Crippen molar-refractivity contribution in [2.75, 3.05) is 11.9 Å². The second-order valence-electron chi connectivity index (χ2n) is 11.1. The number of ether oxygens (including phenoxy) is 3. The first-order valence-electron chi connectivity index (χ1n) is 15.5. The van der Waals surface area contributed by atoms with Crippen molar-refractivity contribution in [2.45, 2.75) is 50.9 Å². The van der Waals surface area contributed by atoms with E-state index in [1.165, 1.54) is 11.8 Å². The Bertz CT molecular complexity index is 1970. The van der Waals surface area contributed by atoms with Crippen molar-refractivity contribution in [1.29, 1.82) is 0 Å². The number of aryl methyl sites for hydroxylation is 1. The van der Waals surface area contributed by atoms with Crippen LogP contribution in [0.4, 0.5) is 5.95 Å². The van der Waals surface area contributed by atoms with E-state index in [1.54, 1.807) is 4.68 Å². The number of thioether (sulfide) groups is 1. The van der Waals surface area contributed by atoms with E-state index in [2.05, 4.69) is 34.2 Å². The number of benzene rings is 4. The minimum Gasteiger partial charge on any atom is -0.490 e. The molecular formula is C37H34BrClN4O4S. The molecule has 5 aromatic rings. The van der Waals surface area contributed by atoms with Gasteiger partial charge >= 0.3 is 5.97 Å². The van der Waals surface area contributed by atoms with Crippen molar-refractivity contribution in [3.8, 4) is 11.5 Å². The molecule has 0 spiro atoms. The molecular weight excluding hydrogens is 712 g/mol. The van der Waals surface area contributed by atoms with Crippen LogP contribution < -0.4 is 14.8 Å². The van der Waals surface area contributed by atoms with Gasteiger partial charge in [0, 0.05) is 16.5 Å².